The first kappa shape index (κ1) is 50.5. The topological polar surface area (TPSA) is 170 Å². The number of anilines is 2. The van der Waals surface area contributed by atoms with E-state index in [9.17, 15) is 19.2 Å². The van der Waals surface area contributed by atoms with Gasteiger partial charge in [-0.3, -0.25) is 33.9 Å². The Morgan fingerprint density at radius 2 is 1.60 bits per heavy atom. The van der Waals surface area contributed by atoms with Crippen molar-refractivity contribution < 1.29 is 37.8 Å². The van der Waals surface area contributed by atoms with E-state index < -0.39 is 23.7 Å². The van der Waals surface area contributed by atoms with Gasteiger partial charge < -0.3 is 39.5 Å². The van der Waals surface area contributed by atoms with Crippen LogP contribution in [0.1, 0.15) is 72.6 Å². The predicted molar refractivity (Wildman–Crippen MR) is 271 cm³/mol. The summed E-state index contributed by atoms with van der Waals surface area (Å²) in [5, 5.41) is 10.9. The number of benzene rings is 2. The number of likely N-dealkylation sites (tertiary alicyclic amines) is 1. The second-order valence-corrected chi connectivity index (χ2v) is 19.4. The monoisotopic (exact) mass is 990 g/mol. The highest BCUT2D eigenvalue weighted by molar-refractivity contribution is 6.22. The van der Waals surface area contributed by atoms with Crippen LogP contribution in [0.2, 0.25) is 0 Å². The molecule has 72 heavy (non-hydrogen) atoms. The first-order valence-corrected chi connectivity index (χ1v) is 25.6. The van der Waals surface area contributed by atoms with Gasteiger partial charge in [0.15, 0.2) is 0 Å². The summed E-state index contributed by atoms with van der Waals surface area (Å²) in [5.74, 6) is 0.134. The Morgan fingerprint density at radius 1 is 0.847 bits per heavy atom. The van der Waals surface area contributed by atoms with Crippen molar-refractivity contribution in [2.24, 2.45) is 5.92 Å². The summed E-state index contributed by atoms with van der Waals surface area (Å²) in [4.78, 5) is 68.1. The van der Waals surface area contributed by atoms with Crippen molar-refractivity contribution in [1.82, 2.24) is 44.4 Å². The SMILES string of the molecule is C=C1NC(=O)CCC1N1C(=O)c2cc(F)c(N3CCN(CC4CCN(C(=O)CCOCCOCCN5CCCN(C)/C=C(\CC)Nc6ncc7ccc(n7n6)-c6ccc(cc6)OCC5)CC4)CC3)cc2C1=O. The van der Waals surface area contributed by atoms with Gasteiger partial charge in [0.1, 0.15) is 18.2 Å². The predicted octanol–water partition coefficient (Wildman–Crippen LogP) is 5.09. The molecule has 6 aliphatic heterocycles. The second-order valence-electron chi connectivity index (χ2n) is 19.4. The summed E-state index contributed by atoms with van der Waals surface area (Å²) in [6, 6.07) is 14.2. The number of nitrogens with one attached hydrogen (secondary N) is 2. The molecule has 0 spiro atoms. The number of hydrogen-bond donors (Lipinski definition) is 2. The number of ether oxygens (including phenoxy) is 3. The first-order chi connectivity index (χ1) is 35.0. The second kappa shape index (κ2) is 23.4. The number of piperazine rings is 1. The molecule has 3 fully saturated rings. The Labute approximate surface area is 420 Å². The quantitative estimate of drug-likeness (QED) is 0.127. The number of aromatic nitrogens is 3. The van der Waals surface area contributed by atoms with Gasteiger partial charge in [-0.25, -0.2) is 13.9 Å². The molecule has 0 radical (unpaired) electrons. The van der Waals surface area contributed by atoms with Gasteiger partial charge in [-0.05, 0) is 86.6 Å². The van der Waals surface area contributed by atoms with E-state index in [0.717, 1.165) is 118 Å². The number of amides is 4. The Balaban J connectivity index is 0.652. The molecule has 18 nitrogen and oxygen atoms in total. The summed E-state index contributed by atoms with van der Waals surface area (Å²) in [5.41, 5.74) is 4.80. The fraction of sp³-hybridized carbons (Fsp3) is 0.509. The molecular formula is C53H68FN11O7. The van der Waals surface area contributed by atoms with Crippen molar-refractivity contribution in [1.29, 1.82) is 0 Å². The summed E-state index contributed by atoms with van der Waals surface area (Å²) >= 11 is 0. The largest absolute Gasteiger partial charge is 0.492 e. The maximum absolute atomic E-state index is 15.5. The van der Waals surface area contributed by atoms with E-state index in [1.807, 2.05) is 38.7 Å². The van der Waals surface area contributed by atoms with Crippen molar-refractivity contribution in [3.8, 4) is 17.0 Å². The maximum Gasteiger partial charge on any atom is 0.262 e. The first-order valence-electron chi connectivity index (χ1n) is 25.6. The van der Waals surface area contributed by atoms with E-state index in [1.165, 1.54) is 12.1 Å². The van der Waals surface area contributed by atoms with Crippen LogP contribution in [0.5, 0.6) is 5.75 Å². The molecule has 10 rings (SSSR count). The summed E-state index contributed by atoms with van der Waals surface area (Å²) in [7, 11) is 2.09. The minimum Gasteiger partial charge on any atom is -0.492 e. The van der Waals surface area contributed by atoms with Crippen LogP contribution in [0.15, 0.2) is 78.9 Å². The lowest BCUT2D eigenvalue weighted by Gasteiger charge is -2.39. The third-order valence-corrected chi connectivity index (χ3v) is 14.5. The van der Waals surface area contributed by atoms with Crippen LogP contribution >= 0.6 is 0 Å². The molecule has 0 aliphatic carbocycles. The van der Waals surface area contributed by atoms with Crippen LogP contribution in [0.3, 0.4) is 0 Å². The molecule has 2 aromatic carbocycles. The van der Waals surface area contributed by atoms with Crippen molar-refractivity contribution in [3.05, 3.63) is 95.8 Å². The molecule has 1 atom stereocenters. The molecule has 4 amide bonds. The number of rotatable bonds is 14. The molecule has 19 heteroatoms. The number of carbonyl (C=O) groups is 4. The molecular weight excluding hydrogens is 922 g/mol. The summed E-state index contributed by atoms with van der Waals surface area (Å²) in [6.45, 7) is 16.6. The highest BCUT2D eigenvalue weighted by Crippen LogP contribution is 2.35. The molecule has 384 valence electrons. The number of piperidine rings is 2. The van der Waals surface area contributed by atoms with E-state index in [1.54, 1.807) is 0 Å². The lowest BCUT2D eigenvalue weighted by molar-refractivity contribution is -0.134. The molecule has 6 aliphatic rings. The molecule has 2 N–H and O–H groups in total. The van der Waals surface area contributed by atoms with E-state index in [0.29, 0.717) is 75.8 Å². The third kappa shape index (κ3) is 12.1. The Morgan fingerprint density at radius 3 is 2.35 bits per heavy atom. The number of fused-ring (bicyclic) bond motifs is 12. The van der Waals surface area contributed by atoms with Crippen molar-refractivity contribution in [2.75, 3.05) is 122 Å². The summed E-state index contributed by atoms with van der Waals surface area (Å²) < 4.78 is 35.5. The van der Waals surface area contributed by atoms with E-state index in [2.05, 4.69) is 75.3 Å². The minimum absolute atomic E-state index is 0.0407. The number of imide groups is 1. The van der Waals surface area contributed by atoms with Gasteiger partial charge in [0.05, 0.1) is 73.1 Å². The van der Waals surface area contributed by atoms with E-state index in [-0.39, 0.29) is 35.8 Å². The van der Waals surface area contributed by atoms with Crippen LogP contribution in [0.25, 0.3) is 16.8 Å². The molecule has 0 saturated carbocycles. The molecule has 2 aromatic heterocycles. The number of nitrogens with zero attached hydrogens (tertiary/aromatic N) is 9. The fourth-order valence-corrected chi connectivity index (χ4v) is 10.3. The highest BCUT2D eigenvalue weighted by atomic mass is 19.1. The summed E-state index contributed by atoms with van der Waals surface area (Å²) in [6.07, 6.45) is 8.38. The molecule has 3 saturated heterocycles. The lowest BCUT2D eigenvalue weighted by atomic mass is 9.95. The van der Waals surface area contributed by atoms with Crippen LogP contribution in [-0.2, 0) is 19.1 Å². The maximum atomic E-state index is 15.5. The number of hydrogen-bond acceptors (Lipinski definition) is 14. The van der Waals surface area contributed by atoms with Gasteiger partial charge in [-0.15, -0.1) is 5.10 Å². The van der Waals surface area contributed by atoms with Gasteiger partial charge in [0.2, 0.25) is 17.8 Å². The number of carbonyl (C=O) groups excluding carboxylic acids is 4. The minimum atomic E-state index is -0.662. The van der Waals surface area contributed by atoms with E-state index >= 15 is 4.39 Å². The zero-order chi connectivity index (χ0) is 50.1. The van der Waals surface area contributed by atoms with Gasteiger partial charge in [0.25, 0.3) is 11.8 Å². The number of halogens is 1. The smallest absolute Gasteiger partial charge is 0.262 e. The van der Waals surface area contributed by atoms with Crippen molar-refractivity contribution in [2.45, 2.75) is 57.9 Å². The van der Waals surface area contributed by atoms with E-state index in [4.69, 9.17) is 19.3 Å². The van der Waals surface area contributed by atoms with Crippen LogP contribution in [0.4, 0.5) is 16.0 Å². The zero-order valence-electron chi connectivity index (χ0n) is 41.7. The van der Waals surface area contributed by atoms with Gasteiger partial charge >= 0.3 is 0 Å². The van der Waals surface area contributed by atoms with Gasteiger partial charge in [0, 0.05) is 109 Å². The molecule has 1 unspecified atom stereocenters. The standard InChI is InChI=1S/C53H68FN11O7/c1-4-40-36-59(3)17-5-18-60(26-29-72-42-9-6-39(7-10-42)47-11-8-41-34-55-53(57-40)58-65(41)47)25-28-71-31-30-70-27-16-50(67)63-19-14-38(15-20-63)35-61-21-23-62(24-22-61)48-33-44-43(32-45(48)54)51(68)64(52(44)69)46-12-13-49(66)56-37(46)2/h6-11,32-34,36,38,46H,2,4-5,12-31,35H2,1,3H3,(H,56,66)(H,57,58)/b40-36+. The Kier molecular flexibility index (Phi) is 16.4. The Bertz CT molecular complexity index is 2630. The van der Waals surface area contributed by atoms with Crippen LogP contribution in [0, 0.1) is 11.7 Å². The molecule has 4 bridgehead atoms. The molecule has 4 aromatic rings. The van der Waals surface area contributed by atoms with Gasteiger partial charge in [-0.2, -0.15) is 0 Å². The normalized spacial score (nSPS) is 20.8. The van der Waals surface area contributed by atoms with Gasteiger partial charge in [-0.1, -0.05) is 13.5 Å². The van der Waals surface area contributed by atoms with Crippen LogP contribution in [-0.4, -0.2) is 181 Å². The number of allylic oxidation sites excluding steroid dienone is 1. The zero-order valence-corrected chi connectivity index (χ0v) is 41.7. The fourth-order valence-electron chi connectivity index (χ4n) is 10.3. The van der Waals surface area contributed by atoms with Crippen LogP contribution < -0.4 is 20.3 Å². The third-order valence-electron chi connectivity index (χ3n) is 14.5. The highest BCUT2D eigenvalue weighted by Gasteiger charge is 2.43. The molecule has 8 heterocycles. The lowest BCUT2D eigenvalue weighted by Crippen LogP contribution is -2.49. The average molecular weight is 990 g/mol. The Hall–Kier alpha value is -6.41. The van der Waals surface area contributed by atoms with Crippen molar-refractivity contribution >= 4 is 40.8 Å². The average Bonchev–Trinajstić information content (AvgIpc) is 3.90. The van der Waals surface area contributed by atoms with Crippen molar-refractivity contribution in [3.63, 3.8) is 0 Å².